The number of hydrogen-bond acceptors (Lipinski definition) is 2. The summed E-state index contributed by atoms with van der Waals surface area (Å²) in [5.74, 6) is 1.01. The molecule has 1 N–H and O–H groups in total. The molecule has 0 radical (unpaired) electrons. The molecule has 1 atom stereocenters. The number of benzene rings is 1. The minimum Gasteiger partial charge on any atom is -0.496 e. The van der Waals surface area contributed by atoms with Crippen molar-refractivity contribution in [3.05, 3.63) is 29.8 Å². The first-order valence-corrected chi connectivity index (χ1v) is 5.28. The van der Waals surface area contributed by atoms with Crippen LogP contribution in [0.25, 0.3) is 0 Å². The fourth-order valence-corrected chi connectivity index (χ4v) is 2.07. The smallest absolute Gasteiger partial charge is 0.123 e. The van der Waals surface area contributed by atoms with Gasteiger partial charge in [0.25, 0.3) is 0 Å². The van der Waals surface area contributed by atoms with Crippen LogP contribution in [0.5, 0.6) is 5.75 Å². The van der Waals surface area contributed by atoms with E-state index in [4.69, 9.17) is 4.74 Å². The lowest BCUT2D eigenvalue weighted by molar-refractivity contribution is 0.373. The van der Waals surface area contributed by atoms with E-state index in [2.05, 4.69) is 17.4 Å². The van der Waals surface area contributed by atoms with E-state index < -0.39 is 0 Å². The van der Waals surface area contributed by atoms with Crippen LogP contribution in [0.15, 0.2) is 24.3 Å². The molecule has 14 heavy (non-hydrogen) atoms. The Balaban J connectivity index is 2.20. The molecule has 1 aromatic carbocycles. The van der Waals surface area contributed by atoms with Gasteiger partial charge in [-0.2, -0.15) is 0 Å². The molecular formula is C12H17NO. The van der Waals surface area contributed by atoms with Crippen LogP contribution in [0, 0.1) is 0 Å². The van der Waals surface area contributed by atoms with E-state index in [9.17, 15) is 0 Å². The predicted molar refractivity (Wildman–Crippen MR) is 57.6 cm³/mol. The van der Waals surface area contributed by atoms with Crippen molar-refractivity contribution in [2.75, 3.05) is 13.7 Å². The van der Waals surface area contributed by atoms with Gasteiger partial charge in [0.1, 0.15) is 5.75 Å². The van der Waals surface area contributed by atoms with Crippen molar-refractivity contribution in [1.82, 2.24) is 5.32 Å². The van der Waals surface area contributed by atoms with Crippen molar-refractivity contribution in [1.29, 1.82) is 0 Å². The van der Waals surface area contributed by atoms with Crippen molar-refractivity contribution in [3.63, 3.8) is 0 Å². The van der Waals surface area contributed by atoms with Gasteiger partial charge in [0.15, 0.2) is 0 Å². The standard InChI is InChI=1S/C12H17NO/c1-14-12-8-3-2-6-10(12)11-7-4-5-9-13-11/h2-3,6,8,11,13H,4-5,7,9H2,1H3/t11-/m0/s1. The molecule has 1 aliphatic rings. The highest BCUT2D eigenvalue weighted by Crippen LogP contribution is 2.29. The van der Waals surface area contributed by atoms with Crippen molar-refractivity contribution in [2.45, 2.75) is 25.3 Å². The Hall–Kier alpha value is -1.02. The van der Waals surface area contributed by atoms with Gasteiger partial charge in [-0.3, -0.25) is 0 Å². The Morgan fingerprint density at radius 3 is 2.86 bits per heavy atom. The van der Waals surface area contributed by atoms with Crippen LogP contribution in [-0.4, -0.2) is 13.7 Å². The van der Waals surface area contributed by atoms with E-state index in [0.29, 0.717) is 6.04 Å². The fraction of sp³-hybridized carbons (Fsp3) is 0.500. The highest BCUT2D eigenvalue weighted by Gasteiger charge is 2.17. The first-order valence-electron chi connectivity index (χ1n) is 5.28. The van der Waals surface area contributed by atoms with E-state index in [-0.39, 0.29) is 0 Å². The zero-order chi connectivity index (χ0) is 9.80. The normalized spacial score (nSPS) is 21.9. The molecule has 0 spiro atoms. The number of hydrogen-bond donors (Lipinski definition) is 1. The van der Waals surface area contributed by atoms with Crippen LogP contribution in [0.1, 0.15) is 30.9 Å². The molecule has 0 unspecified atom stereocenters. The highest BCUT2D eigenvalue weighted by atomic mass is 16.5. The Morgan fingerprint density at radius 1 is 1.29 bits per heavy atom. The number of rotatable bonds is 2. The first kappa shape index (κ1) is 9.53. The van der Waals surface area contributed by atoms with Gasteiger partial charge in [0.2, 0.25) is 0 Å². The molecule has 2 rings (SSSR count). The maximum absolute atomic E-state index is 5.36. The van der Waals surface area contributed by atoms with Crippen LogP contribution in [0.2, 0.25) is 0 Å². The average molecular weight is 191 g/mol. The summed E-state index contributed by atoms with van der Waals surface area (Å²) in [7, 11) is 1.74. The summed E-state index contributed by atoms with van der Waals surface area (Å²) in [6.07, 6.45) is 3.84. The van der Waals surface area contributed by atoms with Crippen molar-refractivity contribution < 1.29 is 4.74 Å². The zero-order valence-corrected chi connectivity index (χ0v) is 8.62. The molecule has 0 bridgehead atoms. The summed E-state index contributed by atoms with van der Waals surface area (Å²) < 4.78 is 5.36. The molecule has 76 valence electrons. The summed E-state index contributed by atoms with van der Waals surface area (Å²) >= 11 is 0. The van der Waals surface area contributed by atoms with Crippen molar-refractivity contribution in [3.8, 4) is 5.75 Å². The second kappa shape index (κ2) is 4.47. The van der Waals surface area contributed by atoms with E-state index in [1.807, 2.05) is 12.1 Å². The molecule has 1 saturated heterocycles. The molecule has 1 heterocycles. The second-order valence-electron chi connectivity index (χ2n) is 3.74. The summed E-state index contributed by atoms with van der Waals surface area (Å²) in [4.78, 5) is 0. The monoisotopic (exact) mass is 191 g/mol. The number of ether oxygens (including phenoxy) is 1. The van der Waals surface area contributed by atoms with E-state index in [1.165, 1.54) is 24.8 Å². The number of nitrogens with one attached hydrogen (secondary N) is 1. The first-order chi connectivity index (χ1) is 6.92. The van der Waals surface area contributed by atoms with Gasteiger partial charge in [-0.15, -0.1) is 0 Å². The minimum atomic E-state index is 0.486. The second-order valence-corrected chi connectivity index (χ2v) is 3.74. The maximum Gasteiger partial charge on any atom is 0.123 e. The van der Waals surface area contributed by atoms with Crippen LogP contribution in [-0.2, 0) is 0 Å². The molecule has 1 aromatic rings. The van der Waals surface area contributed by atoms with Crippen LogP contribution in [0.3, 0.4) is 0 Å². The van der Waals surface area contributed by atoms with Gasteiger partial charge in [-0.1, -0.05) is 24.6 Å². The van der Waals surface area contributed by atoms with Gasteiger partial charge in [-0.05, 0) is 25.5 Å². The molecule has 1 fully saturated rings. The quantitative estimate of drug-likeness (QED) is 0.775. The molecule has 0 aromatic heterocycles. The van der Waals surface area contributed by atoms with E-state index in [0.717, 1.165) is 12.3 Å². The third kappa shape index (κ3) is 1.90. The maximum atomic E-state index is 5.36. The predicted octanol–water partition coefficient (Wildman–Crippen LogP) is 2.51. The zero-order valence-electron chi connectivity index (χ0n) is 8.62. The van der Waals surface area contributed by atoms with Crippen molar-refractivity contribution in [2.24, 2.45) is 0 Å². The van der Waals surface area contributed by atoms with E-state index >= 15 is 0 Å². The molecule has 1 aliphatic heterocycles. The Labute approximate surface area is 85.3 Å². The molecule has 2 nitrogen and oxygen atoms in total. The number of piperidine rings is 1. The molecular weight excluding hydrogens is 174 g/mol. The SMILES string of the molecule is COc1ccccc1[C@@H]1CCCCN1. The number of para-hydroxylation sites is 1. The van der Waals surface area contributed by atoms with Gasteiger partial charge in [0.05, 0.1) is 7.11 Å². The largest absolute Gasteiger partial charge is 0.496 e. The van der Waals surface area contributed by atoms with Gasteiger partial charge >= 0.3 is 0 Å². The average Bonchev–Trinajstić information content (AvgIpc) is 2.30. The van der Waals surface area contributed by atoms with Crippen LogP contribution in [0.4, 0.5) is 0 Å². The Kier molecular flexibility index (Phi) is 3.04. The molecule has 0 aliphatic carbocycles. The molecule has 0 saturated carbocycles. The van der Waals surface area contributed by atoms with Crippen LogP contribution < -0.4 is 10.1 Å². The summed E-state index contributed by atoms with van der Waals surface area (Å²) in [6, 6.07) is 8.77. The third-order valence-corrected chi connectivity index (χ3v) is 2.82. The van der Waals surface area contributed by atoms with Gasteiger partial charge < -0.3 is 10.1 Å². The topological polar surface area (TPSA) is 21.3 Å². The Morgan fingerprint density at radius 2 is 2.14 bits per heavy atom. The number of methoxy groups -OCH3 is 1. The third-order valence-electron chi connectivity index (χ3n) is 2.82. The van der Waals surface area contributed by atoms with E-state index in [1.54, 1.807) is 7.11 Å². The summed E-state index contributed by atoms with van der Waals surface area (Å²) in [6.45, 7) is 1.13. The van der Waals surface area contributed by atoms with Crippen LogP contribution >= 0.6 is 0 Å². The Bertz CT molecular complexity index is 292. The lowest BCUT2D eigenvalue weighted by atomic mass is 9.97. The summed E-state index contributed by atoms with van der Waals surface area (Å²) in [5.41, 5.74) is 1.30. The molecule has 2 heteroatoms. The fourth-order valence-electron chi connectivity index (χ4n) is 2.07. The summed E-state index contributed by atoms with van der Waals surface area (Å²) in [5, 5.41) is 3.53. The lowest BCUT2D eigenvalue weighted by Gasteiger charge is -2.25. The lowest BCUT2D eigenvalue weighted by Crippen LogP contribution is -2.27. The minimum absolute atomic E-state index is 0.486. The highest BCUT2D eigenvalue weighted by molar-refractivity contribution is 5.35. The van der Waals surface area contributed by atoms with Gasteiger partial charge in [0, 0.05) is 11.6 Å². The van der Waals surface area contributed by atoms with Gasteiger partial charge in [-0.25, -0.2) is 0 Å². The molecule has 0 amide bonds. The van der Waals surface area contributed by atoms with Crippen molar-refractivity contribution >= 4 is 0 Å².